The lowest BCUT2D eigenvalue weighted by molar-refractivity contribution is -0.144. The van der Waals surface area contributed by atoms with Gasteiger partial charge in [-0.05, 0) is 81.1 Å². The maximum atomic E-state index is 14.2. The molecule has 0 aromatic heterocycles. The number of amides is 9. The third kappa shape index (κ3) is 19.4. The minimum absolute atomic E-state index is 0.0319. The average Bonchev–Trinajstić information content (AvgIpc) is 4.06. The predicted octanol–water partition coefficient (Wildman–Crippen LogP) is -2.41. The van der Waals surface area contributed by atoms with Gasteiger partial charge in [-0.15, -0.1) is 0 Å². The Bertz CT molecular complexity index is 2180. The molecule has 0 radical (unpaired) electrons. The molecular formula is C50H81N13O12. The first-order valence-electron chi connectivity index (χ1n) is 25.8. The molecule has 0 aliphatic carbocycles. The third-order valence-electron chi connectivity index (χ3n) is 13.3. The van der Waals surface area contributed by atoms with E-state index < -0.39 is 132 Å². The molecule has 2 heterocycles. The average molecular weight is 1060 g/mol. The number of hydrogen-bond donors (Lipinski definition) is 12. The van der Waals surface area contributed by atoms with E-state index in [0.717, 1.165) is 5.56 Å². The molecule has 3 rings (SSSR count). The van der Waals surface area contributed by atoms with Crippen LogP contribution in [0.1, 0.15) is 111 Å². The minimum Gasteiger partial charge on any atom is -0.480 e. The van der Waals surface area contributed by atoms with Crippen LogP contribution in [0.25, 0.3) is 0 Å². The molecule has 75 heavy (non-hydrogen) atoms. The van der Waals surface area contributed by atoms with Gasteiger partial charge in [-0.3, -0.25) is 48.1 Å². The second-order valence-corrected chi connectivity index (χ2v) is 20.1. The first-order chi connectivity index (χ1) is 35.4. The summed E-state index contributed by atoms with van der Waals surface area (Å²) in [5.74, 6) is -9.46. The summed E-state index contributed by atoms with van der Waals surface area (Å²) in [5.41, 5.74) is 23.5. The summed E-state index contributed by atoms with van der Waals surface area (Å²) in [6.45, 7) is 9.76. The van der Waals surface area contributed by atoms with Crippen LogP contribution in [0.3, 0.4) is 0 Å². The Labute approximate surface area is 438 Å². The fourth-order valence-corrected chi connectivity index (χ4v) is 8.99. The van der Waals surface area contributed by atoms with Crippen LogP contribution in [0.5, 0.6) is 0 Å². The Morgan fingerprint density at radius 2 is 1.21 bits per heavy atom. The van der Waals surface area contributed by atoms with E-state index in [9.17, 15) is 58.2 Å². The van der Waals surface area contributed by atoms with E-state index in [1.165, 1.54) is 9.80 Å². The number of aliphatic imine (C=N–C) groups is 1. The molecule has 16 N–H and O–H groups in total. The van der Waals surface area contributed by atoms with Gasteiger partial charge >= 0.3 is 5.97 Å². The van der Waals surface area contributed by atoms with Crippen LogP contribution in [0.15, 0.2) is 35.3 Å². The van der Waals surface area contributed by atoms with Crippen molar-refractivity contribution < 1.29 is 58.2 Å². The lowest BCUT2D eigenvalue weighted by Gasteiger charge is -2.31. The molecule has 0 unspecified atom stereocenters. The first-order valence-corrected chi connectivity index (χ1v) is 25.8. The maximum Gasteiger partial charge on any atom is 0.326 e. The van der Waals surface area contributed by atoms with E-state index in [1.54, 1.807) is 41.5 Å². The summed E-state index contributed by atoms with van der Waals surface area (Å²) in [7, 11) is 0. The number of rotatable bonds is 30. The number of hydrogen-bond acceptors (Lipinski definition) is 13. The van der Waals surface area contributed by atoms with Crippen molar-refractivity contribution in [1.82, 2.24) is 41.7 Å². The standard InChI is InChI=1S/C50H81N13O12/c1-7-29(6)40(49(74)75)61-42(67)33(19-20-38(52)65)56-43(68)34(24-27(2)3)58-41(66)32(16-11-21-55-50(53)54)57-44(69)36-17-13-23-63(36)48(73)35(26-64)59-46(71)39(28(4)5)60-45(70)37-18-12-22-62(37)47(72)31(51)25-30-14-9-8-10-15-30/h8-10,14-15,27-29,31-37,39-40,64H,7,11-13,16-26,51H2,1-6H3,(H2,52,65)(H,56,68)(H,57,69)(H,58,66)(H,59,71)(H,60,70)(H,61,67)(H,74,75)(H4,53,54,55)/t29-,31-,32-,33-,34-,35-,36-,37-,39-,40-/m0/s1. The van der Waals surface area contributed by atoms with Crippen LogP contribution in [0.2, 0.25) is 0 Å². The van der Waals surface area contributed by atoms with Crippen molar-refractivity contribution in [3.63, 3.8) is 0 Å². The van der Waals surface area contributed by atoms with Gasteiger partial charge in [0.25, 0.3) is 0 Å². The van der Waals surface area contributed by atoms with Crippen LogP contribution in [-0.4, -0.2) is 166 Å². The second-order valence-electron chi connectivity index (χ2n) is 20.1. The number of carboxylic acid groups (broad SMARTS) is 1. The fourth-order valence-electron chi connectivity index (χ4n) is 8.99. The molecule has 1 aromatic rings. The number of carbonyl (C=O) groups is 10. The highest BCUT2D eigenvalue weighted by molar-refractivity contribution is 5.98. The number of likely N-dealkylation sites (tertiary alicyclic amines) is 2. The van der Waals surface area contributed by atoms with E-state index in [1.807, 2.05) is 30.3 Å². The summed E-state index contributed by atoms with van der Waals surface area (Å²) in [4.78, 5) is 141. The maximum absolute atomic E-state index is 14.2. The molecule has 9 amide bonds. The number of aliphatic hydroxyl groups is 1. The zero-order chi connectivity index (χ0) is 56.1. The zero-order valence-corrected chi connectivity index (χ0v) is 44.0. The van der Waals surface area contributed by atoms with Gasteiger partial charge in [0.1, 0.15) is 48.3 Å². The number of nitrogens with one attached hydrogen (secondary N) is 6. The molecular weight excluding hydrogens is 975 g/mol. The Morgan fingerprint density at radius 1 is 0.680 bits per heavy atom. The number of carbonyl (C=O) groups excluding carboxylic acids is 9. The van der Waals surface area contributed by atoms with E-state index in [0.29, 0.717) is 32.2 Å². The molecule has 2 aliphatic rings. The van der Waals surface area contributed by atoms with Crippen molar-refractivity contribution in [3.8, 4) is 0 Å². The summed E-state index contributed by atoms with van der Waals surface area (Å²) >= 11 is 0. The molecule has 1 aromatic carbocycles. The van der Waals surface area contributed by atoms with Crippen molar-refractivity contribution in [3.05, 3.63) is 35.9 Å². The van der Waals surface area contributed by atoms with Gasteiger partial charge < -0.3 is 74.8 Å². The Hall–Kier alpha value is -6.89. The van der Waals surface area contributed by atoms with Crippen LogP contribution in [0.4, 0.5) is 0 Å². The van der Waals surface area contributed by atoms with Crippen molar-refractivity contribution in [2.75, 3.05) is 26.2 Å². The molecule has 418 valence electrons. The molecule has 25 heteroatoms. The monoisotopic (exact) mass is 1060 g/mol. The number of aliphatic hydroxyl groups excluding tert-OH is 1. The summed E-state index contributed by atoms with van der Waals surface area (Å²) < 4.78 is 0. The van der Waals surface area contributed by atoms with Crippen LogP contribution < -0.4 is 54.8 Å². The van der Waals surface area contributed by atoms with E-state index in [-0.39, 0.29) is 69.9 Å². The number of carboxylic acids is 1. The van der Waals surface area contributed by atoms with Crippen molar-refractivity contribution in [1.29, 1.82) is 0 Å². The smallest absolute Gasteiger partial charge is 0.326 e. The molecule has 0 bridgehead atoms. The van der Waals surface area contributed by atoms with E-state index >= 15 is 0 Å². The number of nitrogens with two attached hydrogens (primary N) is 4. The highest BCUT2D eigenvalue weighted by Gasteiger charge is 2.42. The number of guanidine groups is 1. The third-order valence-corrected chi connectivity index (χ3v) is 13.3. The molecule has 2 saturated heterocycles. The minimum atomic E-state index is -1.56. The zero-order valence-electron chi connectivity index (χ0n) is 44.0. The van der Waals surface area contributed by atoms with Crippen LogP contribution in [0, 0.1) is 17.8 Å². The number of primary amides is 1. The van der Waals surface area contributed by atoms with Crippen LogP contribution in [-0.2, 0) is 54.4 Å². The lowest BCUT2D eigenvalue weighted by atomic mass is 9.98. The predicted molar refractivity (Wildman–Crippen MR) is 276 cm³/mol. The largest absolute Gasteiger partial charge is 0.480 e. The Balaban J connectivity index is 1.78. The number of benzene rings is 1. The summed E-state index contributed by atoms with van der Waals surface area (Å²) in [5, 5.41) is 35.8. The normalized spacial score (nSPS) is 18.5. The number of nitrogens with zero attached hydrogens (tertiary/aromatic N) is 3. The van der Waals surface area contributed by atoms with Gasteiger partial charge in [0.05, 0.1) is 12.6 Å². The van der Waals surface area contributed by atoms with Gasteiger partial charge in [0, 0.05) is 26.1 Å². The highest BCUT2D eigenvalue weighted by atomic mass is 16.4. The first kappa shape index (κ1) is 62.4. The molecule has 10 atom stereocenters. The number of aliphatic carboxylic acids is 1. The van der Waals surface area contributed by atoms with Gasteiger partial charge in [-0.2, -0.15) is 0 Å². The molecule has 0 spiro atoms. The van der Waals surface area contributed by atoms with Gasteiger partial charge in [-0.1, -0.05) is 78.3 Å². The fraction of sp³-hybridized carbons (Fsp3) is 0.660. The lowest BCUT2D eigenvalue weighted by Crippen LogP contribution is -2.61. The van der Waals surface area contributed by atoms with Gasteiger partial charge in [0.15, 0.2) is 5.96 Å². The van der Waals surface area contributed by atoms with Gasteiger partial charge in [-0.25, -0.2) is 4.79 Å². The molecule has 2 aliphatic heterocycles. The van der Waals surface area contributed by atoms with Crippen molar-refractivity contribution in [2.24, 2.45) is 45.7 Å². The molecule has 25 nitrogen and oxygen atoms in total. The molecule has 0 saturated carbocycles. The Morgan fingerprint density at radius 3 is 1.75 bits per heavy atom. The quantitative estimate of drug-likeness (QED) is 0.0217. The summed E-state index contributed by atoms with van der Waals surface area (Å²) in [6.07, 6.45) is 1.50. The van der Waals surface area contributed by atoms with E-state index in [4.69, 9.17) is 22.9 Å². The summed E-state index contributed by atoms with van der Waals surface area (Å²) in [6, 6.07) is -1.94. The highest BCUT2D eigenvalue weighted by Crippen LogP contribution is 2.22. The van der Waals surface area contributed by atoms with Crippen LogP contribution >= 0.6 is 0 Å². The van der Waals surface area contributed by atoms with Crippen molar-refractivity contribution in [2.45, 2.75) is 167 Å². The van der Waals surface area contributed by atoms with E-state index in [2.05, 4.69) is 36.9 Å². The Kier molecular flexibility index (Phi) is 25.4. The molecule has 2 fully saturated rings. The topological polar surface area (TPSA) is 406 Å². The second kappa shape index (κ2) is 30.5. The SMILES string of the molecule is CC[C@H](C)[C@H](NC(=O)[C@H](CCC(N)=O)NC(=O)[C@H](CC(C)C)NC(=O)[C@H](CCCN=C(N)N)NC(=O)[C@@H]1CCCN1C(=O)[C@H](CO)NC(=O)[C@@H](NC(=O)[C@@H]1CCCN1C(=O)[C@@H](N)Cc1ccccc1)C(C)C)C(=O)O. The van der Waals surface area contributed by atoms with Gasteiger partial charge in [0.2, 0.25) is 53.2 Å². The van der Waals surface area contributed by atoms with Crippen molar-refractivity contribution >= 4 is 65.1 Å².